The molecule has 0 aromatic heterocycles. The molecule has 1 aliphatic rings. The van der Waals surface area contributed by atoms with Gasteiger partial charge in [-0.25, -0.2) is 0 Å². The molecule has 1 rings (SSSR count). The molecule has 0 aliphatic carbocycles. The lowest BCUT2D eigenvalue weighted by Gasteiger charge is -2.32. The Morgan fingerprint density at radius 1 is 1.47 bits per heavy atom. The van der Waals surface area contributed by atoms with Gasteiger partial charge in [0, 0.05) is 13.0 Å². The molecule has 1 N–H and O–H groups in total. The number of nitrogens with one attached hydrogen (secondary N) is 1. The van der Waals surface area contributed by atoms with Gasteiger partial charge in [-0.1, -0.05) is 0 Å². The van der Waals surface area contributed by atoms with Crippen LogP contribution in [0.15, 0.2) is 0 Å². The summed E-state index contributed by atoms with van der Waals surface area (Å²) in [5.41, 5.74) is -0.238. The van der Waals surface area contributed by atoms with Crippen molar-refractivity contribution in [2.24, 2.45) is 11.3 Å². The van der Waals surface area contributed by atoms with Crippen LogP contribution in [0.5, 0.6) is 0 Å². The van der Waals surface area contributed by atoms with Crippen molar-refractivity contribution in [3.8, 4) is 6.07 Å². The van der Waals surface area contributed by atoms with Gasteiger partial charge in [0.15, 0.2) is 0 Å². The fourth-order valence-corrected chi connectivity index (χ4v) is 2.12. The molecule has 0 aromatic rings. The zero-order valence-corrected chi connectivity index (χ0v) is 11.1. The third kappa shape index (κ3) is 4.35. The Hall–Kier alpha value is -1.08. The number of piperidine rings is 1. The van der Waals surface area contributed by atoms with Crippen LogP contribution < -0.4 is 5.32 Å². The fraction of sp³-hybridized carbons (Fsp3) is 0.846. The maximum Gasteiger partial charge on any atom is 0.222 e. The van der Waals surface area contributed by atoms with Crippen LogP contribution in [0.1, 0.15) is 33.1 Å². The predicted molar refractivity (Wildman–Crippen MR) is 67.2 cm³/mol. The number of hydrogen-bond donors (Lipinski definition) is 1. The second kappa shape index (κ2) is 6.02. The van der Waals surface area contributed by atoms with Gasteiger partial charge in [-0.3, -0.25) is 4.79 Å². The van der Waals surface area contributed by atoms with Crippen molar-refractivity contribution in [2.75, 3.05) is 26.7 Å². The molecule has 17 heavy (non-hydrogen) atoms. The highest BCUT2D eigenvalue weighted by molar-refractivity contribution is 5.78. The van der Waals surface area contributed by atoms with E-state index in [1.54, 1.807) is 7.05 Å². The van der Waals surface area contributed by atoms with Crippen LogP contribution in [-0.4, -0.2) is 37.5 Å². The van der Waals surface area contributed by atoms with Crippen LogP contribution in [-0.2, 0) is 4.79 Å². The molecule has 0 bridgehead atoms. The largest absolute Gasteiger partial charge is 0.359 e. The van der Waals surface area contributed by atoms with E-state index in [1.165, 1.54) is 0 Å². The number of nitriles is 1. The van der Waals surface area contributed by atoms with E-state index in [9.17, 15) is 4.79 Å². The van der Waals surface area contributed by atoms with Crippen LogP contribution in [0.25, 0.3) is 0 Å². The number of rotatable bonds is 4. The molecular formula is C13H23N3O. The molecule has 0 atom stereocenters. The molecule has 4 heteroatoms. The van der Waals surface area contributed by atoms with Gasteiger partial charge in [0.05, 0.1) is 11.5 Å². The van der Waals surface area contributed by atoms with E-state index in [1.807, 2.05) is 13.8 Å². The highest BCUT2D eigenvalue weighted by atomic mass is 16.1. The number of carbonyl (C=O) groups is 1. The molecule has 4 nitrogen and oxygen atoms in total. The lowest BCUT2D eigenvalue weighted by atomic mass is 9.90. The molecule has 0 aromatic carbocycles. The molecule has 0 spiro atoms. The summed E-state index contributed by atoms with van der Waals surface area (Å²) in [6.45, 7) is 6.86. The molecule has 1 heterocycles. The Kier molecular flexibility index (Phi) is 4.95. The van der Waals surface area contributed by atoms with Gasteiger partial charge >= 0.3 is 0 Å². The van der Waals surface area contributed by atoms with Gasteiger partial charge < -0.3 is 10.2 Å². The number of amides is 1. The highest BCUT2D eigenvalue weighted by Crippen LogP contribution is 2.22. The average Bonchev–Trinajstić information content (AvgIpc) is 2.36. The number of likely N-dealkylation sites (tertiary alicyclic amines) is 1. The lowest BCUT2D eigenvalue weighted by molar-refractivity contribution is -0.125. The summed E-state index contributed by atoms with van der Waals surface area (Å²) >= 11 is 0. The Morgan fingerprint density at radius 2 is 2.06 bits per heavy atom. The maximum atomic E-state index is 11.5. The molecule has 1 aliphatic heterocycles. The number of hydrogen-bond acceptors (Lipinski definition) is 3. The van der Waals surface area contributed by atoms with E-state index in [-0.39, 0.29) is 17.2 Å². The smallest absolute Gasteiger partial charge is 0.222 e. The second-order valence-electron chi connectivity index (χ2n) is 5.48. The van der Waals surface area contributed by atoms with E-state index >= 15 is 0 Å². The molecule has 0 radical (unpaired) electrons. The van der Waals surface area contributed by atoms with Gasteiger partial charge in [-0.2, -0.15) is 5.26 Å². The monoisotopic (exact) mass is 237 g/mol. The van der Waals surface area contributed by atoms with E-state index in [2.05, 4.69) is 16.3 Å². The van der Waals surface area contributed by atoms with Crippen LogP contribution in [0.3, 0.4) is 0 Å². The van der Waals surface area contributed by atoms with Gasteiger partial charge in [-0.05, 0) is 52.7 Å². The minimum absolute atomic E-state index is 0.169. The molecule has 0 saturated carbocycles. The molecule has 1 amide bonds. The topological polar surface area (TPSA) is 56.1 Å². The highest BCUT2D eigenvalue weighted by Gasteiger charge is 2.25. The lowest BCUT2D eigenvalue weighted by Crippen LogP contribution is -2.40. The molecular weight excluding hydrogens is 214 g/mol. The van der Waals surface area contributed by atoms with Gasteiger partial charge in [-0.15, -0.1) is 0 Å². The summed E-state index contributed by atoms with van der Waals surface area (Å²) in [6, 6.07) is 2.33. The van der Waals surface area contributed by atoms with Crippen molar-refractivity contribution in [1.29, 1.82) is 5.26 Å². The molecule has 0 unspecified atom stereocenters. The number of carbonyl (C=O) groups excluding carboxylic acids is 1. The SMILES string of the molecule is CNC(=O)C1CCN(CCC(C)(C)C#N)CC1. The second-order valence-corrected chi connectivity index (χ2v) is 5.48. The van der Waals surface area contributed by atoms with Gasteiger partial charge in [0.25, 0.3) is 0 Å². The van der Waals surface area contributed by atoms with Crippen LogP contribution in [0.2, 0.25) is 0 Å². The Bertz CT molecular complexity index is 298. The summed E-state index contributed by atoms with van der Waals surface area (Å²) in [5, 5.41) is 11.7. The van der Waals surface area contributed by atoms with Crippen molar-refractivity contribution < 1.29 is 4.79 Å². The van der Waals surface area contributed by atoms with Crippen molar-refractivity contribution in [1.82, 2.24) is 10.2 Å². The molecule has 1 saturated heterocycles. The fourth-order valence-electron chi connectivity index (χ4n) is 2.12. The minimum atomic E-state index is -0.238. The summed E-state index contributed by atoms with van der Waals surface area (Å²) in [5.74, 6) is 0.349. The third-order valence-corrected chi connectivity index (χ3v) is 3.56. The third-order valence-electron chi connectivity index (χ3n) is 3.56. The Labute approximate surface area is 104 Å². The van der Waals surface area contributed by atoms with Crippen molar-refractivity contribution in [3.05, 3.63) is 0 Å². The zero-order chi connectivity index (χ0) is 12.9. The first-order valence-corrected chi connectivity index (χ1v) is 6.34. The van der Waals surface area contributed by atoms with Gasteiger partial charge in [0.2, 0.25) is 5.91 Å². The van der Waals surface area contributed by atoms with Crippen LogP contribution in [0.4, 0.5) is 0 Å². The normalized spacial score (nSPS) is 18.7. The summed E-state index contributed by atoms with van der Waals surface area (Å²) in [6.07, 6.45) is 2.77. The summed E-state index contributed by atoms with van der Waals surface area (Å²) in [4.78, 5) is 13.8. The van der Waals surface area contributed by atoms with Crippen LogP contribution >= 0.6 is 0 Å². The first-order valence-electron chi connectivity index (χ1n) is 6.34. The van der Waals surface area contributed by atoms with E-state index in [0.717, 1.165) is 38.9 Å². The minimum Gasteiger partial charge on any atom is -0.359 e. The molecule has 96 valence electrons. The zero-order valence-electron chi connectivity index (χ0n) is 11.1. The summed E-state index contributed by atoms with van der Waals surface area (Å²) in [7, 11) is 1.70. The van der Waals surface area contributed by atoms with Crippen LogP contribution in [0, 0.1) is 22.7 Å². The maximum absolute atomic E-state index is 11.5. The average molecular weight is 237 g/mol. The van der Waals surface area contributed by atoms with E-state index < -0.39 is 0 Å². The van der Waals surface area contributed by atoms with E-state index in [0.29, 0.717) is 0 Å². The quantitative estimate of drug-likeness (QED) is 0.803. The van der Waals surface area contributed by atoms with Crippen molar-refractivity contribution in [3.63, 3.8) is 0 Å². The van der Waals surface area contributed by atoms with E-state index in [4.69, 9.17) is 5.26 Å². The number of nitrogens with zero attached hydrogens (tertiary/aromatic N) is 2. The van der Waals surface area contributed by atoms with Crippen molar-refractivity contribution >= 4 is 5.91 Å². The molecule has 1 fully saturated rings. The summed E-state index contributed by atoms with van der Waals surface area (Å²) < 4.78 is 0. The van der Waals surface area contributed by atoms with Gasteiger partial charge in [0.1, 0.15) is 0 Å². The Balaban J connectivity index is 2.29. The first kappa shape index (κ1) is 14.0. The van der Waals surface area contributed by atoms with Crippen molar-refractivity contribution in [2.45, 2.75) is 33.1 Å². The standard InChI is InChI=1S/C13H23N3O/c1-13(2,10-14)6-9-16-7-4-11(5-8-16)12(17)15-3/h11H,4-9H2,1-3H3,(H,15,17). The Morgan fingerprint density at radius 3 is 2.53 bits per heavy atom. The first-order chi connectivity index (χ1) is 7.98. The predicted octanol–water partition coefficient (Wildman–Crippen LogP) is 1.38.